The maximum Gasteiger partial charge on any atom is 0.277 e. The van der Waals surface area contributed by atoms with Gasteiger partial charge in [0.05, 0.1) is 17.4 Å². The SMILES string of the molecule is FC1(F)Cc2cc(Br)cnc2C1Nc1ccc2[nH]nc(-c3cnco3)c2c1. The highest BCUT2D eigenvalue weighted by Gasteiger charge is 2.48. The van der Waals surface area contributed by atoms with Crippen LogP contribution in [0.25, 0.3) is 22.4 Å². The zero-order chi connectivity index (χ0) is 18.6. The Labute approximate surface area is 160 Å². The third-order valence-electron chi connectivity index (χ3n) is 4.63. The predicted octanol–water partition coefficient (Wildman–Crippen LogP) is 4.72. The fourth-order valence-electron chi connectivity index (χ4n) is 3.41. The number of aromatic nitrogens is 4. The molecule has 27 heavy (non-hydrogen) atoms. The molecule has 2 N–H and O–H groups in total. The number of halogens is 3. The number of aromatic amines is 1. The van der Waals surface area contributed by atoms with Crippen LogP contribution in [-0.4, -0.2) is 26.1 Å². The van der Waals surface area contributed by atoms with E-state index in [-0.39, 0.29) is 6.42 Å². The van der Waals surface area contributed by atoms with Gasteiger partial charge in [-0.3, -0.25) is 10.1 Å². The van der Waals surface area contributed by atoms with Crippen molar-refractivity contribution in [3.8, 4) is 11.5 Å². The molecular formula is C18H12BrF2N5O. The molecule has 1 aromatic carbocycles. The highest BCUT2D eigenvalue weighted by atomic mass is 79.9. The van der Waals surface area contributed by atoms with E-state index in [1.807, 2.05) is 0 Å². The molecular weight excluding hydrogens is 420 g/mol. The number of anilines is 1. The average Bonchev–Trinajstić information content (AvgIpc) is 3.33. The Morgan fingerprint density at radius 3 is 2.96 bits per heavy atom. The highest BCUT2D eigenvalue weighted by Crippen LogP contribution is 2.45. The number of H-pyrrole nitrogens is 1. The molecule has 0 aliphatic heterocycles. The Morgan fingerprint density at radius 2 is 2.15 bits per heavy atom. The topological polar surface area (TPSA) is 79.6 Å². The Hall–Kier alpha value is -2.81. The Morgan fingerprint density at radius 1 is 1.26 bits per heavy atom. The number of nitrogens with zero attached hydrogens (tertiary/aromatic N) is 3. The van der Waals surface area contributed by atoms with Gasteiger partial charge in [-0.05, 0) is 45.8 Å². The molecule has 6 nitrogen and oxygen atoms in total. The van der Waals surface area contributed by atoms with Gasteiger partial charge in [0, 0.05) is 28.2 Å². The number of fused-ring (bicyclic) bond motifs is 2. The van der Waals surface area contributed by atoms with Crippen molar-refractivity contribution in [2.24, 2.45) is 0 Å². The number of hydrogen-bond donors (Lipinski definition) is 2. The molecule has 0 amide bonds. The molecule has 9 heteroatoms. The summed E-state index contributed by atoms with van der Waals surface area (Å²) in [6.45, 7) is 0. The first-order valence-corrected chi connectivity index (χ1v) is 8.96. The van der Waals surface area contributed by atoms with E-state index in [9.17, 15) is 8.78 Å². The van der Waals surface area contributed by atoms with E-state index in [0.29, 0.717) is 32.9 Å². The molecule has 3 heterocycles. The van der Waals surface area contributed by atoms with E-state index in [2.05, 4.69) is 41.4 Å². The van der Waals surface area contributed by atoms with Crippen molar-refractivity contribution >= 4 is 32.5 Å². The summed E-state index contributed by atoms with van der Waals surface area (Å²) in [6.07, 6.45) is 4.07. The summed E-state index contributed by atoms with van der Waals surface area (Å²) in [5, 5.41) is 10.8. The summed E-state index contributed by atoms with van der Waals surface area (Å²) >= 11 is 3.29. The summed E-state index contributed by atoms with van der Waals surface area (Å²) in [7, 11) is 0. The van der Waals surface area contributed by atoms with E-state index >= 15 is 0 Å². The molecule has 1 atom stereocenters. The molecule has 1 aliphatic rings. The summed E-state index contributed by atoms with van der Waals surface area (Å²) < 4.78 is 35.2. The van der Waals surface area contributed by atoms with Crippen molar-refractivity contribution in [2.75, 3.05) is 5.32 Å². The van der Waals surface area contributed by atoms with E-state index in [1.54, 1.807) is 30.5 Å². The molecule has 1 aliphatic carbocycles. The molecule has 0 saturated carbocycles. The largest absolute Gasteiger partial charge is 0.442 e. The van der Waals surface area contributed by atoms with Crippen LogP contribution in [0.3, 0.4) is 0 Å². The van der Waals surface area contributed by atoms with Gasteiger partial charge in [0.25, 0.3) is 5.92 Å². The molecule has 5 rings (SSSR count). The van der Waals surface area contributed by atoms with Gasteiger partial charge in [-0.25, -0.2) is 13.8 Å². The molecule has 0 saturated heterocycles. The second kappa shape index (κ2) is 5.85. The van der Waals surface area contributed by atoms with Crippen molar-refractivity contribution in [2.45, 2.75) is 18.4 Å². The number of pyridine rings is 1. The van der Waals surface area contributed by atoms with Crippen LogP contribution in [0, 0.1) is 0 Å². The van der Waals surface area contributed by atoms with Crippen molar-refractivity contribution < 1.29 is 13.2 Å². The first-order valence-electron chi connectivity index (χ1n) is 8.17. The molecule has 0 radical (unpaired) electrons. The van der Waals surface area contributed by atoms with Crippen LogP contribution in [-0.2, 0) is 6.42 Å². The van der Waals surface area contributed by atoms with Gasteiger partial charge < -0.3 is 9.73 Å². The zero-order valence-electron chi connectivity index (χ0n) is 13.7. The maximum absolute atomic E-state index is 14.6. The second-order valence-electron chi connectivity index (χ2n) is 6.41. The quantitative estimate of drug-likeness (QED) is 0.490. The summed E-state index contributed by atoms with van der Waals surface area (Å²) in [5.41, 5.74) is 2.80. The molecule has 136 valence electrons. The van der Waals surface area contributed by atoms with Gasteiger partial charge in [-0.1, -0.05) is 0 Å². The Balaban J connectivity index is 1.54. The summed E-state index contributed by atoms with van der Waals surface area (Å²) in [6, 6.07) is 5.78. The Kier molecular flexibility index (Phi) is 3.55. The van der Waals surface area contributed by atoms with Gasteiger partial charge >= 0.3 is 0 Å². The highest BCUT2D eigenvalue weighted by molar-refractivity contribution is 9.10. The molecule has 4 aromatic rings. The van der Waals surface area contributed by atoms with E-state index in [1.165, 1.54) is 12.6 Å². The lowest BCUT2D eigenvalue weighted by Gasteiger charge is -2.21. The summed E-state index contributed by atoms with van der Waals surface area (Å²) in [5.74, 6) is -2.43. The van der Waals surface area contributed by atoms with E-state index in [0.717, 1.165) is 10.9 Å². The van der Waals surface area contributed by atoms with Crippen LogP contribution in [0.4, 0.5) is 14.5 Å². The molecule has 1 unspecified atom stereocenters. The van der Waals surface area contributed by atoms with Gasteiger partial charge in [0.1, 0.15) is 11.7 Å². The van der Waals surface area contributed by atoms with Gasteiger partial charge in [-0.15, -0.1) is 0 Å². The standard InChI is InChI=1S/C18H12BrF2N5O/c19-10-3-9-5-18(20,21)17(15(9)23-6-10)24-11-1-2-13-12(4-11)16(26-25-13)14-7-22-8-27-14/h1-4,6-8,17,24H,5H2,(H,25,26). The first-order chi connectivity index (χ1) is 13.0. The van der Waals surface area contributed by atoms with Crippen molar-refractivity contribution in [1.82, 2.24) is 20.2 Å². The van der Waals surface area contributed by atoms with Crippen molar-refractivity contribution in [1.29, 1.82) is 0 Å². The number of oxazole rings is 1. The molecule has 0 bridgehead atoms. The molecule has 0 spiro atoms. The number of rotatable bonds is 3. The lowest BCUT2D eigenvalue weighted by molar-refractivity contribution is -0.00769. The van der Waals surface area contributed by atoms with E-state index in [4.69, 9.17) is 4.42 Å². The third kappa shape index (κ3) is 2.69. The number of benzene rings is 1. The fourth-order valence-corrected chi connectivity index (χ4v) is 3.79. The molecule has 3 aromatic heterocycles. The van der Waals surface area contributed by atoms with Crippen LogP contribution in [0.2, 0.25) is 0 Å². The smallest absolute Gasteiger partial charge is 0.277 e. The van der Waals surface area contributed by atoms with Gasteiger partial charge in [-0.2, -0.15) is 5.10 Å². The Bertz CT molecular complexity index is 1140. The van der Waals surface area contributed by atoms with Crippen LogP contribution < -0.4 is 5.32 Å². The summed E-state index contributed by atoms with van der Waals surface area (Å²) in [4.78, 5) is 8.11. The maximum atomic E-state index is 14.6. The normalized spacial score (nSPS) is 18.0. The molecule has 0 fully saturated rings. The van der Waals surface area contributed by atoms with Crippen molar-refractivity contribution in [3.05, 3.63) is 58.8 Å². The minimum absolute atomic E-state index is 0.344. The number of alkyl halides is 2. The third-order valence-corrected chi connectivity index (χ3v) is 5.06. The van der Waals surface area contributed by atoms with E-state index < -0.39 is 12.0 Å². The van der Waals surface area contributed by atoms with Gasteiger partial charge in [0.2, 0.25) is 0 Å². The predicted molar refractivity (Wildman–Crippen MR) is 98.5 cm³/mol. The average molecular weight is 432 g/mol. The fraction of sp³-hybridized carbons (Fsp3) is 0.167. The van der Waals surface area contributed by atoms with Crippen molar-refractivity contribution in [3.63, 3.8) is 0 Å². The number of nitrogens with one attached hydrogen (secondary N) is 2. The lowest BCUT2D eigenvalue weighted by Crippen LogP contribution is -2.28. The monoisotopic (exact) mass is 431 g/mol. The first kappa shape index (κ1) is 16.4. The van der Waals surface area contributed by atoms with Crippen LogP contribution in [0.1, 0.15) is 17.3 Å². The van der Waals surface area contributed by atoms with Gasteiger partial charge in [0.15, 0.2) is 12.2 Å². The van der Waals surface area contributed by atoms with Crippen LogP contribution >= 0.6 is 15.9 Å². The minimum atomic E-state index is -2.94. The van der Waals surface area contributed by atoms with Crippen LogP contribution in [0.5, 0.6) is 0 Å². The van der Waals surface area contributed by atoms with Crippen LogP contribution in [0.15, 0.2) is 51.9 Å². The number of hydrogen-bond acceptors (Lipinski definition) is 5. The lowest BCUT2D eigenvalue weighted by atomic mass is 10.1. The minimum Gasteiger partial charge on any atom is -0.442 e. The zero-order valence-corrected chi connectivity index (χ0v) is 15.3. The second-order valence-corrected chi connectivity index (χ2v) is 7.33.